The molecule has 0 fully saturated rings. The number of nitrogens with zero attached hydrogens (tertiary/aromatic N) is 5. The molecule has 4 rings (SSSR count). The second-order valence-corrected chi connectivity index (χ2v) is 7.03. The zero-order valence-electron chi connectivity index (χ0n) is 17.1. The smallest absolute Gasteiger partial charge is 0.404 e. The van der Waals surface area contributed by atoms with E-state index in [2.05, 4.69) is 20.6 Å². The predicted octanol–water partition coefficient (Wildman–Crippen LogP) is 3.62. The van der Waals surface area contributed by atoms with Gasteiger partial charge in [0.25, 0.3) is 0 Å². The van der Waals surface area contributed by atoms with E-state index in [9.17, 15) is 4.79 Å². The number of unbranched alkanes of at least 4 members (excludes halogenated alkanes) is 1. The number of amides is 1. The van der Waals surface area contributed by atoms with E-state index in [4.69, 9.17) is 15.1 Å². The van der Waals surface area contributed by atoms with E-state index >= 15 is 0 Å². The molecule has 4 heterocycles. The molecule has 31 heavy (non-hydrogen) atoms. The Labute approximate surface area is 179 Å². The summed E-state index contributed by atoms with van der Waals surface area (Å²) in [7, 11) is 0. The fraction of sp³-hybridized carbons (Fsp3) is 0.227. The van der Waals surface area contributed by atoms with Crippen LogP contribution in [0, 0.1) is 6.92 Å². The standard InChI is InChI=1S/C22H23N7O2/c1-15-7-6-8-16(26-15)19-20(29-14-5-2-9-18(29)28-19)17-10-13-24-21(27-17)23-11-3-4-12-25-22(30)31/h2,5-10,13-14,25H,3-4,11-12H2,1H3,(H,30,31)(H,23,24,27). The summed E-state index contributed by atoms with van der Waals surface area (Å²) in [6.07, 6.45) is 4.20. The lowest BCUT2D eigenvalue weighted by molar-refractivity contribution is 0.194. The third-order valence-corrected chi connectivity index (χ3v) is 4.72. The Morgan fingerprint density at radius 1 is 1.00 bits per heavy atom. The predicted molar refractivity (Wildman–Crippen MR) is 118 cm³/mol. The van der Waals surface area contributed by atoms with Crippen molar-refractivity contribution >= 4 is 17.7 Å². The monoisotopic (exact) mass is 417 g/mol. The number of hydrogen-bond acceptors (Lipinski definition) is 6. The Bertz CT molecular complexity index is 1210. The molecule has 3 N–H and O–H groups in total. The fourth-order valence-corrected chi connectivity index (χ4v) is 3.32. The molecular weight excluding hydrogens is 394 g/mol. The Balaban J connectivity index is 1.61. The molecule has 0 saturated carbocycles. The van der Waals surface area contributed by atoms with Gasteiger partial charge >= 0.3 is 6.09 Å². The van der Waals surface area contributed by atoms with Gasteiger partial charge < -0.3 is 15.7 Å². The lowest BCUT2D eigenvalue weighted by atomic mass is 10.1. The molecule has 0 saturated heterocycles. The maximum absolute atomic E-state index is 10.5. The molecule has 0 aromatic carbocycles. The second kappa shape index (κ2) is 9.21. The van der Waals surface area contributed by atoms with Gasteiger partial charge in [0.15, 0.2) is 0 Å². The number of carboxylic acid groups (broad SMARTS) is 1. The largest absolute Gasteiger partial charge is 0.465 e. The summed E-state index contributed by atoms with van der Waals surface area (Å²) in [5, 5.41) is 14.2. The highest BCUT2D eigenvalue weighted by Gasteiger charge is 2.18. The molecule has 4 aromatic rings. The van der Waals surface area contributed by atoms with Crippen molar-refractivity contribution in [1.82, 2.24) is 29.7 Å². The minimum Gasteiger partial charge on any atom is -0.465 e. The van der Waals surface area contributed by atoms with Crippen molar-refractivity contribution in [2.75, 3.05) is 18.4 Å². The Morgan fingerprint density at radius 2 is 1.87 bits per heavy atom. The van der Waals surface area contributed by atoms with E-state index in [-0.39, 0.29) is 0 Å². The number of aromatic nitrogens is 5. The molecule has 4 aromatic heterocycles. The molecule has 0 atom stereocenters. The number of rotatable bonds is 8. The summed E-state index contributed by atoms with van der Waals surface area (Å²) in [5.74, 6) is 0.512. The molecule has 1 amide bonds. The zero-order valence-corrected chi connectivity index (χ0v) is 17.1. The van der Waals surface area contributed by atoms with E-state index in [1.807, 2.05) is 60.0 Å². The first kappa shape index (κ1) is 20.3. The highest BCUT2D eigenvalue weighted by atomic mass is 16.4. The van der Waals surface area contributed by atoms with Gasteiger partial charge in [0.05, 0.1) is 11.4 Å². The summed E-state index contributed by atoms with van der Waals surface area (Å²) in [6.45, 7) is 3.02. The molecule has 9 nitrogen and oxygen atoms in total. The molecular formula is C22H23N7O2. The lowest BCUT2D eigenvalue weighted by Gasteiger charge is -2.08. The van der Waals surface area contributed by atoms with Crippen LogP contribution in [0.5, 0.6) is 0 Å². The van der Waals surface area contributed by atoms with Crippen LogP contribution in [0.15, 0.2) is 54.9 Å². The SMILES string of the molecule is Cc1cccc(-c2nc3ccccn3c2-c2ccnc(NCCCCNC(=O)O)n2)n1. The molecule has 158 valence electrons. The van der Waals surface area contributed by atoms with Gasteiger partial charge in [-0.05, 0) is 50.1 Å². The van der Waals surface area contributed by atoms with Crippen molar-refractivity contribution in [3.63, 3.8) is 0 Å². The lowest BCUT2D eigenvalue weighted by Crippen LogP contribution is -2.22. The van der Waals surface area contributed by atoms with Gasteiger partial charge in [-0.25, -0.2) is 19.7 Å². The number of nitrogens with one attached hydrogen (secondary N) is 2. The van der Waals surface area contributed by atoms with Crippen LogP contribution in [-0.2, 0) is 0 Å². The number of carbonyl (C=O) groups is 1. The van der Waals surface area contributed by atoms with Crippen LogP contribution in [-0.4, -0.2) is 48.6 Å². The van der Waals surface area contributed by atoms with Gasteiger partial charge in [0.2, 0.25) is 5.95 Å². The van der Waals surface area contributed by atoms with Gasteiger partial charge in [0.1, 0.15) is 17.0 Å². The number of pyridine rings is 2. The third-order valence-electron chi connectivity index (χ3n) is 4.72. The number of aryl methyl sites for hydroxylation is 1. The fourth-order valence-electron chi connectivity index (χ4n) is 3.32. The second-order valence-electron chi connectivity index (χ2n) is 7.03. The third kappa shape index (κ3) is 4.77. The average molecular weight is 417 g/mol. The van der Waals surface area contributed by atoms with Crippen LogP contribution < -0.4 is 10.6 Å². The number of fused-ring (bicyclic) bond motifs is 1. The number of hydrogen-bond donors (Lipinski definition) is 3. The molecule has 0 bridgehead atoms. The van der Waals surface area contributed by atoms with E-state index in [0.717, 1.165) is 47.0 Å². The van der Waals surface area contributed by atoms with Crippen molar-refractivity contribution < 1.29 is 9.90 Å². The van der Waals surface area contributed by atoms with E-state index in [0.29, 0.717) is 19.0 Å². The maximum Gasteiger partial charge on any atom is 0.404 e. The Kier molecular flexibility index (Phi) is 6.02. The van der Waals surface area contributed by atoms with Crippen LogP contribution >= 0.6 is 0 Å². The molecule has 0 aliphatic heterocycles. The highest BCUT2D eigenvalue weighted by molar-refractivity contribution is 5.79. The zero-order chi connectivity index (χ0) is 21.6. The van der Waals surface area contributed by atoms with Gasteiger partial charge in [-0.3, -0.25) is 9.38 Å². The van der Waals surface area contributed by atoms with Gasteiger partial charge in [-0.1, -0.05) is 12.1 Å². The van der Waals surface area contributed by atoms with Crippen molar-refractivity contribution in [3.8, 4) is 22.8 Å². The molecule has 0 aliphatic rings. The van der Waals surface area contributed by atoms with Crippen LogP contribution in [0.2, 0.25) is 0 Å². The van der Waals surface area contributed by atoms with Crippen molar-refractivity contribution in [2.45, 2.75) is 19.8 Å². The Morgan fingerprint density at radius 3 is 2.71 bits per heavy atom. The minimum absolute atomic E-state index is 0.423. The molecule has 0 radical (unpaired) electrons. The first-order chi connectivity index (χ1) is 15.1. The average Bonchev–Trinajstić information content (AvgIpc) is 3.16. The number of imidazole rings is 1. The maximum atomic E-state index is 10.5. The molecule has 0 unspecified atom stereocenters. The van der Waals surface area contributed by atoms with Gasteiger partial charge in [0, 0.05) is 31.2 Å². The summed E-state index contributed by atoms with van der Waals surface area (Å²) in [4.78, 5) is 29.0. The van der Waals surface area contributed by atoms with Crippen LogP contribution in [0.3, 0.4) is 0 Å². The van der Waals surface area contributed by atoms with E-state index < -0.39 is 6.09 Å². The van der Waals surface area contributed by atoms with Crippen LogP contribution in [0.1, 0.15) is 18.5 Å². The van der Waals surface area contributed by atoms with Crippen molar-refractivity contribution in [3.05, 3.63) is 60.6 Å². The topological polar surface area (TPSA) is 117 Å². The van der Waals surface area contributed by atoms with Gasteiger partial charge in [-0.2, -0.15) is 0 Å². The van der Waals surface area contributed by atoms with Gasteiger partial charge in [-0.15, -0.1) is 0 Å². The van der Waals surface area contributed by atoms with Crippen LogP contribution in [0.4, 0.5) is 10.7 Å². The molecule has 0 spiro atoms. The molecule has 9 heteroatoms. The van der Waals surface area contributed by atoms with E-state index in [1.54, 1.807) is 6.20 Å². The summed E-state index contributed by atoms with van der Waals surface area (Å²) in [6, 6.07) is 13.6. The van der Waals surface area contributed by atoms with Crippen molar-refractivity contribution in [1.29, 1.82) is 0 Å². The van der Waals surface area contributed by atoms with Crippen molar-refractivity contribution in [2.24, 2.45) is 0 Å². The van der Waals surface area contributed by atoms with Crippen LogP contribution in [0.25, 0.3) is 28.4 Å². The first-order valence-electron chi connectivity index (χ1n) is 10.1. The summed E-state index contributed by atoms with van der Waals surface area (Å²) < 4.78 is 2.00. The number of anilines is 1. The Hall–Kier alpha value is -4.01. The summed E-state index contributed by atoms with van der Waals surface area (Å²) in [5.41, 5.74) is 4.88. The first-order valence-corrected chi connectivity index (χ1v) is 10.1. The quantitative estimate of drug-likeness (QED) is 0.375. The highest BCUT2D eigenvalue weighted by Crippen LogP contribution is 2.31. The normalized spacial score (nSPS) is 10.9. The van der Waals surface area contributed by atoms with E-state index in [1.165, 1.54) is 0 Å². The summed E-state index contributed by atoms with van der Waals surface area (Å²) >= 11 is 0. The molecule has 0 aliphatic carbocycles. The minimum atomic E-state index is -1.00.